The number of halogens is 1. The van der Waals surface area contributed by atoms with E-state index in [-0.39, 0.29) is 0 Å². The van der Waals surface area contributed by atoms with Crippen molar-refractivity contribution in [3.63, 3.8) is 0 Å². The van der Waals surface area contributed by atoms with E-state index in [2.05, 4.69) is 41.1 Å². The normalized spacial score (nSPS) is 18.2. The number of aromatic nitrogens is 3. The third kappa shape index (κ3) is 3.91. The first-order chi connectivity index (χ1) is 11.9. The van der Waals surface area contributed by atoms with Gasteiger partial charge in [0, 0.05) is 31.3 Å². The topological polar surface area (TPSA) is 50.3 Å². The maximum Gasteiger partial charge on any atom is 0.134 e. The van der Waals surface area contributed by atoms with E-state index in [9.17, 15) is 0 Å². The van der Waals surface area contributed by atoms with Gasteiger partial charge < -0.3 is 9.42 Å². The van der Waals surface area contributed by atoms with Gasteiger partial charge in [0.2, 0.25) is 0 Å². The van der Waals surface area contributed by atoms with Crippen molar-refractivity contribution in [2.24, 2.45) is 13.0 Å². The quantitative estimate of drug-likeness (QED) is 0.814. The predicted octanol–water partition coefficient (Wildman–Crippen LogP) is 3.20. The fraction of sp³-hybridized carbons (Fsp3) is 0.667. The fourth-order valence-electron chi connectivity index (χ4n) is 3.61. The van der Waals surface area contributed by atoms with Crippen LogP contribution in [0.5, 0.6) is 0 Å². The fourth-order valence-corrected chi connectivity index (χ4v) is 3.80. The first-order valence-corrected chi connectivity index (χ1v) is 9.28. The SMILES string of the molecule is Cc1cc(-c2nn(C)c(Cl)c2CN2CCC(C(C)N(C)C)CC2)no1. The number of rotatable bonds is 5. The van der Waals surface area contributed by atoms with Crippen LogP contribution in [0.1, 0.15) is 31.1 Å². The van der Waals surface area contributed by atoms with Gasteiger partial charge in [-0.05, 0) is 59.8 Å². The molecule has 2 aromatic heterocycles. The average molecular weight is 366 g/mol. The van der Waals surface area contributed by atoms with Crippen molar-refractivity contribution in [1.82, 2.24) is 24.7 Å². The van der Waals surface area contributed by atoms with Gasteiger partial charge in [-0.15, -0.1) is 0 Å². The summed E-state index contributed by atoms with van der Waals surface area (Å²) in [6, 6.07) is 2.53. The largest absolute Gasteiger partial charge is 0.361 e. The van der Waals surface area contributed by atoms with Crippen molar-refractivity contribution in [1.29, 1.82) is 0 Å². The number of aryl methyl sites for hydroxylation is 2. The summed E-state index contributed by atoms with van der Waals surface area (Å²) >= 11 is 6.52. The Hall–Kier alpha value is -1.37. The standard InChI is InChI=1S/C18H28ClN5O/c1-12-10-16(21-25-12)17-15(18(19)23(5)20-17)11-24-8-6-14(7-9-24)13(2)22(3)4/h10,13-14H,6-9,11H2,1-5H3. The molecule has 0 amide bonds. The van der Waals surface area contributed by atoms with Gasteiger partial charge in [0.25, 0.3) is 0 Å². The lowest BCUT2D eigenvalue weighted by atomic mass is 9.89. The van der Waals surface area contributed by atoms with Crippen LogP contribution in [0.4, 0.5) is 0 Å². The molecule has 3 rings (SSSR count). The van der Waals surface area contributed by atoms with Crippen molar-refractivity contribution in [3.05, 3.63) is 22.5 Å². The van der Waals surface area contributed by atoms with Crippen LogP contribution in [0, 0.1) is 12.8 Å². The third-order valence-corrected chi connectivity index (χ3v) is 5.92. The average Bonchev–Trinajstić information content (AvgIpc) is 3.13. The van der Waals surface area contributed by atoms with E-state index in [4.69, 9.17) is 16.1 Å². The van der Waals surface area contributed by atoms with Gasteiger partial charge in [-0.1, -0.05) is 16.8 Å². The van der Waals surface area contributed by atoms with Gasteiger partial charge >= 0.3 is 0 Å². The third-order valence-electron chi connectivity index (χ3n) is 5.45. The molecule has 0 N–H and O–H groups in total. The van der Waals surface area contributed by atoms with Crippen molar-refractivity contribution >= 4 is 11.6 Å². The number of nitrogens with zero attached hydrogens (tertiary/aromatic N) is 5. The molecular weight excluding hydrogens is 338 g/mol. The second-order valence-corrected chi connectivity index (χ2v) is 7.74. The van der Waals surface area contributed by atoms with Crippen LogP contribution in [0.3, 0.4) is 0 Å². The van der Waals surface area contributed by atoms with Gasteiger partial charge in [-0.2, -0.15) is 5.10 Å². The van der Waals surface area contributed by atoms with E-state index in [1.165, 1.54) is 12.8 Å². The molecule has 0 aromatic carbocycles. The van der Waals surface area contributed by atoms with Crippen molar-refractivity contribution in [2.45, 2.75) is 39.3 Å². The Morgan fingerprint density at radius 1 is 1.36 bits per heavy atom. The minimum absolute atomic E-state index is 0.623. The monoisotopic (exact) mass is 365 g/mol. The summed E-state index contributed by atoms with van der Waals surface area (Å²) < 4.78 is 6.93. The molecular formula is C18H28ClN5O. The Morgan fingerprint density at radius 2 is 2.04 bits per heavy atom. The zero-order valence-corrected chi connectivity index (χ0v) is 16.5. The van der Waals surface area contributed by atoms with Crippen LogP contribution >= 0.6 is 11.6 Å². The van der Waals surface area contributed by atoms with Crippen LogP contribution in [0.15, 0.2) is 10.6 Å². The Kier molecular flexibility index (Phi) is 5.51. The van der Waals surface area contributed by atoms with Crippen LogP contribution in [0.2, 0.25) is 5.15 Å². The van der Waals surface area contributed by atoms with Crippen LogP contribution in [0.25, 0.3) is 11.4 Å². The molecule has 1 atom stereocenters. The molecule has 138 valence electrons. The Bertz CT molecular complexity index is 715. The number of hydrogen-bond donors (Lipinski definition) is 0. The molecule has 0 saturated carbocycles. The van der Waals surface area contributed by atoms with Gasteiger partial charge in [0.05, 0.1) is 0 Å². The lowest BCUT2D eigenvalue weighted by Crippen LogP contribution is -2.41. The summed E-state index contributed by atoms with van der Waals surface area (Å²) in [4.78, 5) is 4.79. The zero-order valence-electron chi connectivity index (χ0n) is 15.8. The molecule has 1 aliphatic heterocycles. The summed E-state index contributed by atoms with van der Waals surface area (Å²) in [5, 5.41) is 9.35. The summed E-state index contributed by atoms with van der Waals surface area (Å²) in [5.74, 6) is 1.54. The van der Waals surface area contributed by atoms with Crippen LogP contribution in [-0.2, 0) is 13.6 Å². The summed E-state index contributed by atoms with van der Waals surface area (Å²) in [6.07, 6.45) is 2.44. The summed E-state index contributed by atoms with van der Waals surface area (Å²) in [6.45, 7) is 7.19. The van der Waals surface area contributed by atoms with E-state index in [0.29, 0.717) is 11.2 Å². The van der Waals surface area contributed by atoms with E-state index >= 15 is 0 Å². The Morgan fingerprint density at radius 3 is 2.60 bits per heavy atom. The maximum atomic E-state index is 6.52. The van der Waals surface area contributed by atoms with Gasteiger partial charge in [0.15, 0.2) is 0 Å². The lowest BCUT2D eigenvalue weighted by molar-refractivity contribution is 0.121. The van der Waals surface area contributed by atoms with Crippen molar-refractivity contribution in [2.75, 3.05) is 27.2 Å². The molecule has 1 fully saturated rings. The van der Waals surface area contributed by atoms with Gasteiger partial charge in [-0.25, -0.2) is 0 Å². The van der Waals surface area contributed by atoms with Crippen LogP contribution < -0.4 is 0 Å². The highest BCUT2D eigenvalue weighted by Crippen LogP contribution is 2.31. The molecule has 25 heavy (non-hydrogen) atoms. The molecule has 1 saturated heterocycles. The minimum atomic E-state index is 0.623. The van der Waals surface area contributed by atoms with Crippen molar-refractivity contribution < 1.29 is 4.52 Å². The number of likely N-dealkylation sites (tertiary alicyclic amines) is 1. The second-order valence-electron chi connectivity index (χ2n) is 7.38. The van der Waals surface area contributed by atoms with E-state index in [1.807, 2.05) is 20.0 Å². The number of hydrogen-bond acceptors (Lipinski definition) is 5. The molecule has 2 aromatic rings. The molecule has 1 aliphatic rings. The van der Waals surface area contributed by atoms with Gasteiger partial charge in [0.1, 0.15) is 22.3 Å². The van der Waals surface area contributed by atoms with Crippen molar-refractivity contribution in [3.8, 4) is 11.4 Å². The highest BCUT2D eigenvalue weighted by Gasteiger charge is 2.27. The zero-order chi connectivity index (χ0) is 18.1. The molecule has 0 spiro atoms. The maximum absolute atomic E-state index is 6.52. The second kappa shape index (κ2) is 7.48. The summed E-state index contributed by atoms with van der Waals surface area (Å²) in [5.41, 5.74) is 2.62. The molecule has 3 heterocycles. The molecule has 0 radical (unpaired) electrons. The molecule has 6 nitrogen and oxygen atoms in total. The smallest absolute Gasteiger partial charge is 0.134 e. The highest BCUT2D eigenvalue weighted by atomic mass is 35.5. The van der Waals surface area contributed by atoms with E-state index in [1.54, 1.807) is 4.68 Å². The molecule has 0 aliphatic carbocycles. The molecule has 7 heteroatoms. The Balaban J connectivity index is 1.72. The number of piperidine rings is 1. The predicted molar refractivity (Wildman–Crippen MR) is 99.6 cm³/mol. The Labute approximate surface area is 154 Å². The summed E-state index contributed by atoms with van der Waals surface area (Å²) in [7, 11) is 6.20. The molecule has 1 unspecified atom stereocenters. The highest BCUT2D eigenvalue weighted by molar-refractivity contribution is 6.30. The van der Waals surface area contributed by atoms with E-state index in [0.717, 1.165) is 48.3 Å². The first kappa shape index (κ1) is 18.4. The first-order valence-electron chi connectivity index (χ1n) is 8.90. The molecule has 0 bridgehead atoms. The van der Waals surface area contributed by atoms with E-state index < -0.39 is 0 Å². The lowest BCUT2D eigenvalue weighted by Gasteiger charge is -2.37. The van der Waals surface area contributed by atoms with Crippen LogP contribution in [-0.4, -0.2) is 58.0 Å². The minimum Gasteiger partial charge on any atom is -0.361 e. The van der Waals surface area contributed by atoms with Gasteiger partial charge in [-0.3, -0.25) is 9.58 Å².